The van der Waals surface area contributed by atoms with Crippen LogP contribution in [0.2, 0.25) is 5.02 Å². The molecule has 0 radical (unpaired) electrons. The Morgan fingerprint density at radius 1 is 1.30 bits per heavy atom. The second-order valence-corrected chi connectivity index (χ2v) is 4.48. The molecule has 2 N–H and O–H groups in total. The van der Waals surface area contributed by atoms with E-state index in [1.165, 1.54) is 18.2 Å². The number of pyridine rings is 1. The third-order valence-electron chi connectivity index (χ3n) is 2.42. The number of halogens is 2. The van der Waals surface area contributed by atoms with Gasteiger partial charge in [-0.25, -0.2) is 4.39 Å². The molecule has 0 spiro atoms. The fraction of sp³-hybridized carbons (Fsp3) is 0.214. The van der Waals surface area contributed by atoms with Crippen molar-refractivity contribution in [2.75, 3.05) is 12.3 Å². The molecule has 106 valence electrons. The van der Waals surface area contributed by atoms with E-state index in [1.54, 1.807) is 12.1 Å². The van der Waals surface area contributed by atoms with Crippen LogP contribution in [0.3, 0.4) is 0 Å². The lowest BCUT2D eigenvalue weighted by Gasteiger charge is -2.10. The van der Waals surface area contributed by atoms with Gasteiger partial charge in [0.15, 0.2) is 0 Å². The Morgan fingerprint density at radius 2 is 2.10 bits per heavy atom. The number of hydrogen-bond donors (Lipinski definition) is 1. The molecular weight excluding hydrogens is 283 g/mol. The van der Waals surface area contributed by atoms with Crippen LogP contribution in [0.4, 0.5) is 10.1 Å². The maximum absolute atomic E-state index is 13.1. The van der Waals surface area contributed by atoms with Crippen LogP contribution in [-0.2, 0) is 0 Å². The first kappa shape index (κ1) is 14.4. The number of benzene rings is 1. The monoisotopic (exact) mass is 296 g/mol. The molecular formula is C14H14ClFN2O2. The molecule has 0 aliphatic heterocycles. The lowest BCUT2D eigenvalue weighted by molar-refractivity contribution is 0.302. The van der Waals surface area contributed by atoms with Gasteiger partial charge in [0.1, 0.15) is 11.6 Å². The van der Waals surface area contributed by atoms with Crippen LogP contribution >= 0.6 is 11.6 Å². The zero-order valence-electron chi connectivity index (χ0n) is 10.9. The number of hydrogen-bond acceptors (Lipinski definition) is 4. The Hall–Kier alpha value is -2.01. The minimum atomic E-state index is -0.503. The topological polar surface area (TPSA) is 57.4 Å². The summed E-state index contributed by atoms with van der Waals surface area (Å²) in [5, 5.41) is -0.0135. The molecule has 0 fully saturated rings. The minimum Gasteiger partial charge on any atom is -0.476 e. The molecule has 4 nitrogen and oxygen atoms in total. The summed E-state index contributed by atoms with van der Waals surface area (Å²) in [7, 11) is 0. The molecule has 2 aromatic rings. The molecule has 1 heterocycles. The predicted octanol–water partition coefficient (Wildman–Crippen LogP) is 4.04. The molecule has 1 aromatic carbocycles. The number of ether oxygens (including phenoxy) is 2. The van der Waals surface area contributed by atoms with Gasteiger partial charge in [-0.1, -0.05) is 18.5 Å². The average Bonchev–Trinajstić information content (AvgIpc) is 2.43. The second kappa shape index (κ2) is 6.43. The van der Waals surface area contributed by atoms with Gasteiger partial charge in [-0.3, -0.25) is 0 Å². The van der Waals surface area contributed by atoms with E-state index >= 15 is 0 Å². The molecule has 0 amide bonds. The van der Waals surface area contributed by atoms with Crippen LogP contribution in [0.1, 0.15) is 13.3 Å². The summed E-state index contributed by atoms with van der Waals surface area (Å²) in [6, 6.07) is 7.31. The van der Waals surface area contributed by atoms with Crippen LogP contribution in [0.25, 0.3) is 0 Å². The largest absolute Gasteiger partial charge is 0.476 e. The fourth-order valence-corrected chi connectivity index (χ4v) is 1.64. The Morgan fingerprint density at radius 3 is 2.80 bits per heavy atom. The van der Waals surface area contributed by atoms with Crippen LogP contribution in [-0.4, -0.2) is 11.6 Å². The number of nitrogens with two attached hydrogens (primary N) is 1. The van der Waals surface area contributed by atoms with E-state index in [1.807, 2.05) is 6.92 Å². The van der Waals surface area contributed by atoms with Gasteiger partial charge in [0, 0.05) is 12.1 Å². The van der Waals surface area contributed by atoms with Crippen molar-refractivity contribution in [3.8, 4) is 17.5 Å². The van der Waals surface area contributed by atoms with Gasteiger partial charge in [-0.05, 0) is 24.6 Å². The molecule has 0 saturated carbocycles. The highest BCUT2D eigenvalue weighted by Crippen LogP contribution is 2.28. The quantitative estimate of drug-likeness (QED) is 0.904. The van der Waals surface area contributed by atoms with Gasteiger partial charge in [0.05, 0.1) is 17.3 Å². The number of nitrogen functional groups attached to an aromatic ring is 1. The molecule has 0 aliphatic rings. The van der Waals surface area contributed by atoms with Crippen molar-refractivity contribution >= 4 is 17.3 Å². The Balaban J connectivity index is 2.18. The van der Waals surface area contributed by atoms with Gasteiger partial charge in [0.25, 0.3) is 0 Å². The lowest BCUT2D eigenvalue weighted by Crippen LogP contribution is -2.02. The first-order valence-corrected chi connectivity index (χ1v) is 6.50. The number of aromatic nitrogens is 1. The molecule has 2 rings (SSSR count). The van der Waals surface area contributed by atoms with Gasteiger partial charge < -0.3 is 15.2 Å². The van der Waals surface area contributed by atoms with E-state index in [-0.39, 0.29) is 5.02 Å². The maximum atomic E-state index is 13.1. The van der Waals surface area contributed by atoms with E-state index in [9.17, 15) is 4.39 Å². The summed E-state index contributed by atoms with van der Waals surface area (Å²) < 4.78 is 24.0. The second-order valence-electron chi connectivity index (χ2n) is 4.07. The molecule has 0 aliphatic carbocycles. The zero-order valence-corrected chi connectivity index (χ0v) is 11.7. The van der Waals surface area contributed by atoms with E-state index < -0.39 is 5.82 Å². The van der Waals surface area contributed by atoms with Crippen LogP contribution in [0.15, 0.2) is 30.3 Å². The van der Waals surface area contributed by atoms with Crippen LogP contribution in [0, 0.1) is 5.82 Å². The SMILES string of the molecule is CCCOc1nc(Oc2ccc(F)c(Cl)c2)ccc1N. The first-order chi connectivity index (χ1) is 9.60. The molecule has 0 bridgehead atoms. The van der Waals surface area contributed by atoms with Gasteiger partial charge in [0.2, 0.25) is 11.8 Å². The predicted molar refractivity (Wildman–Crippen MR) is 75.9 cm³/mol. The van der Waals surface area contributed by atoms with Crippen LogP contribution < -0.4 is 15.2 Å². The summed E-state index contributed by atoms with van der Waals surface area (Å²) >= 11 is 5.68. The normalized spacial score (nSPS) is 10.3. The fourth-order valence-electron chi connectivity index (χ4n) is 1.47. The molecule has 20 heavy (non-hydrogen) atoms. The first-order valence-electron chi connectivity index (χ1n) is 6.12. The van der Waals surface area contributed by atoms with Crippen molar-refractivity contribution in [3.05, 3.63) is 41.2 Å². The highest BCUT2D eigenvalue weighted by atomic mass is 35.5. The zero-order chi connectivity index (χ0) is 14.5. The minimum absolute atomic E-state index is 0.0135. The maximum Gasteiger partial charge on any atom is 0.240 e. The number of anilines is 1. The molecule has 0 saturated heterocycles. The van der Waals surface area contributed by atoms with Crippen LogP contribution in [0.5, 0.6) is 17.5 Å². The Bertz CT molecular complexity index is 608. The highest BCUT2D eigenvalue weighted by Gasteiger charge is 2.07. The number of nitrogens with zero attached hydrogens (tertiary/aromatic N) is 1. The van der Waals surface area contributed by atoms with E-state index in [0.717, 1.165) is 6.42 Å². The third-order valence-corrected chi connectivity index (χ3v) is 2.71. The van der Waals surface area contributed by atoms with E-state index in [4.69, 9.17) is 26.8 Å². The van der Waals surface area contributed by atoms with Crippen molar-refractivity contribution in [3.63, 3.8) is 0 Å². The Kier molecular flexibility index (Phi) is 4.63. The van der Waals surface area contributed by atoms with Crippen molar-refractivity contribution in [2.45, 2.75) is 13.3 Å². The van der Waals surface area contributed by atoms with Gasteiger partial charge in [-0.15, -0.1) is 0 Å². The third kappa shape index (κ3) is 3.51. The summed E-state index contributed by atoms with van der Waals surface area (Å²) in [5.74, 6) is 0.497. The smallest absolute Gasteiger partial charge is 0.240 e. The van der Waals surface area contributed by atoms with Gasteiger partial charge in [-0.2, -0.15) is 4.98 Å². The highest BCUT2D eigenvalue weighted by molar-refractivity contribution is 6.30. The summed E-state index contributed by atoms with van der Waals surface area (Å²) in [6.07, 6.45) is 0.847. The van der Waals surface area contributed by atoms with Crippen molar-refractivity contribution in [1.29, 1.82) is 0 Å². The van der Waals surface area contributed by atoms with E-state index in [2.05, 4.69) is 4.98 Å². The molecule has 6 heteroatoms. The van der Waals surface area contributed by atoms with E-state index in [0.29, 0.717) is 29.8 Å². The van der Waals surface area contributed by atoms with Crippen molar-refractivity contribution < 1.29 is 13.9 Å². The standard InChI is InChI=1S/C14H14ClFN2O2/c1-2-7-19-14-12(17)5-6-13(18-14)20-9-3-4-11(16)10(15)8-9/h3-6,8H,2,7,17H2,1H3. The Labute approximate surface area is 121 Å². The molecule has 0 atom stereocenters. The van der Waals surface area contributed by atoms with Crippen molar-refractivity contribution in [1.82, 2.24) is 4.98 Å². The molecule has 1 aromatic heterocycles. The average molecular weight is 297 g/mol. The summed E-state index contributed by atoms with van der Waals surface area (Å²) in [4.78, 5) is 4.15. The summed E-state index contributed by atoms with van der Waals surface area (Å²) in [5.41, 5.74) is 6.19. The molecule has 0 unspecified atom stereocenters. The number of rotatable bonds is 5. The lowest BCUT2D eigenvalue weighted by atomic mass is 10.3. The summed E-state index contributed by atoms with van der Waals surface area (Å²) in [6.45, 7) is 2.50. The van der Waals surface area contributed by atoms with Crippen molar-refractivity contribution in [2.24, 2.45) is 0 Å². The van der Waals surface area contributed by atoms with Gasteiger partial charge >= 0.3 is 0 Å².